The molecule has 0 saturated carbocycles. The first-order valence-corrected chi connectivity index (χ1v) is 5.82. The maximum Gasteiger partial charge on any atom is 0.000843 e. The first-order valence-electron chi connectivity index (χ1n) is 5.82. The molecule has 0 amide bonds. The van der Waals surface area contributed by atoms with Gasteiger partial charge in [-0.15, -0.1) is 0 Å². The van der Waals surface area contributed by atoms with Crippen molar-refractivity contribution in [3.05, 3.63) is 11.8 Å². The van der Waals surface area contributed by atoms with Gasteiger partial charge in [0, 0.05) is 5.70 Å². The highest BCUT2D eigenvalue weighted by Crippen LogP contribution is 2.34. The molecule has 0 aromatic rings. The molecule has 0 fully saturated rings. The Morgan fingerprint density at radius 2 is 2.00 bits per heavy atom. The fraction of sp³-hybridized carbons (Fsp3) is 0.846. The van der Waals surface area contributed by atoms with Crippen LogP contribution in [-0.4, -0.2) is 0 Å². The zero-order valence-corrected chi connectivity index (χ0v) is 10.6. The number of unbranched alkanes of at least 4 members (excludes halogenated alkanes) is 1. The van der Waals surface area contributed by atoms with E-state index in [0.717, 1.165) is 12.1 Å². The second kappa shape index (κ2) is 6.10. The van der Waals surface area contributed by atoms with Crippen molar-refractivity contribution in [1.82, 2.24) is 0 Å². The van der Waals surface area contributed by atoms with Gasteiger partial charge in [-0.1, -0.05) is 46.6 Å². The van der Waals surface area contributed by atoms with Crippen molar-refractivity contribution in [2.24, 2.45) is 17.1 Å². The fourth-order valence-electron chi connectivity index (χ4n) is 1.56. The van der Waals surface area contributed by atoms with Gasteiger partial charge < -0.3 is 5.73 Å². The van der Waals surface area contributed by atoms with Gasteiger partial charge >= 0.3 is 0 Å². The van der Waals surface area contributed by atoms with Crippen molar-refractivity contribution in [3.63, 3.8) is 0 Å². The van der Waals surface area contributed by atoms with Crippen molar-refractivity contribution >= 4 is 0 Å². The molecular weight excluding hydrogens is 170 g/mol. The van der Waals surface area contributed by atoms with Gasteiger partial charge in [0.05, 0.1) is 0 Å². The van der Waals surface area contributed by atoms with E-state index in [0.29, 0.717) is 11.3 Å². The first kappa shape index (κ1) is 13.5. The topological polar surface area (TPSA) is 26.0 Å². The highest BCUT2D eigenvalue weighted by Gasteiger charge is 2.23. The summed E-state index contributed by atoms with van der Waals surface area (Å²) in [6, 6.07) is 0. The summed E-state index contributed by atoms with van der Waals surface area (Å²) in [6.07, 6.45) is 7.21. The minimum atomic E-state index is 0.446. The molecular formula is C13H27N. The van der Waals surface area contributed by atoms with Crippen LogP contribution < -0.4 is 5.73 Å². The van der Waals surface area contributed by atoms with Crippen LogP contribution in [0.15, 0.2) is 11.8 Å². The van der Waals surface area contributed by atoms with Crippen LogP contribution in [0.25, 0.3) is 0 Å². The standard InChI is InChI=1S/C13H27N/c1-6-7-10-13(4,5)11(2)8-9-12(3)14/h9,11H,6-8,10,14H2,1-5H3/b12-9+. The molecule has 0 spiro atoms. The quantitative estimate of drug-likeness (QED) is 0.682. The van der Waals surface area contributed by atoms with Crippen LogP contribution in [0, 0.1) is 11.3 Å². The predicted octanol–water partition coefficient (Wildman–Crippen LogP) is 4.09. The maximum absolute atomic E-state index is 5.65. The summed E-state index contributed by atoms with van der Waals surface area (Å²) >= 11 is 0. The number of hydrogen-bond acceptors (Lipinski definition) is 1. The van der Waals surface area contributed by atoms with E-state index >= 15 is 0 Å². The third kappa shape index (κ3) is 5.31. The Labute approximate surface area is 89.8 Å². The molecule has 0 aromatic carbocycles. The third-order valence-electron chi connectivity index (χ3n) is 3.30. The Kier molecular flexibility index (Phi) is 5.90. The highest BCUT2D eigenvalue weighted by molar-refractivity contribution is 4.94. The van der Waals surface area contributed by atoms with Crippen LogP contribution in [0.1, 0.15) is 60.3 Å². The van der Waals surface area contributed by atoms with E-state index in [9.17, 15) is 0 Å². The van der Waals surface area contributed by atoms with Gasteiger partial charge in [-0.3, -0.25) is 0 Å². The third-order valence-corrected chi connectivity index (χ3v) is 3.30. The van der Waals surface area contributed by atoms with Crippen LogP contribution >= 0.6 is 0 Å². The Hall–Kier alpha value is -0.460. The van der Waals surface area contributed by atoms with Crippen molar-refractivity contribution in [2.45, 2.75) is 60.3 Å². The first-order chi connectivity index (χ1) is 6.40. The normalized spacial score (nSPS) is 15.6. The lowest BCUT2D eigenvalue weighted by Gasteiger charge is -2.31. The van der Waals surface area contributed by atoms with Gasteiger partial charge in [0.1, 0.15) is 0 Å². The zero-order chi connectivity index (χ0) is 11.2. The molecule has 1 atom stereocenters. The van der Waals surface area contributed by atoms with Gasteiger partial charge in [-0.2, -0.15) is 0 Å². The molecule has 0 bridgehead atoms. The van der Waals surface area contributed by atoms with Crippen LogP contribution in [-0.2, 0) is 0 Å². The van der Waals surface area contributed by atoms with E-state index in [1.807, 2.05) is 6.92 Å². The molecule has 0 saturated heterocycles. The van der Waals surface area contributed by atoms with Gasteiger partial charge in [0.2, 0.25) is 0 Å². The number of allylic oxidation sites excluding steroid dienone is 2. The summed E-state index contributed by atoms with van der Waals surface area (Å²) in [5.74, 6) is 0.715. The molecule has 0 aliphatic carbocycles. The van der Waals surface area contributed by atoms with Crippen molar-refractivity contribution < 1.29 is 0 Å². The van der Waals surface area contributed by atoms with E-state index in [-0.39, 0.29) is 0 Å². The lowest BCUT2D eigenvalue weighted by atomic mass is 9.74. The summed E-state index contributed by atoms with van der Waals surface area (Å²) in [4.78, 5) is 0. The fourth-order valence-corrected chi connectivity index (χ4v) is 1.56. The molecule has 0 aromatic heterocycles. The SMILES string of the molecule is CCCCC(C)(C)C(C)C/C=C(\C)N. The van der Waals surface area contributed by atoms with E-state index in [2.05, 4.69) is 33.8 Å². The van der Waals surface area contributed by atoms with E-state index in [1.54, 1.807) is 0 Å². The van der Waals surface area contributed by atoms with E-state index in [4.69, 9.17) is 5.73 Å². The number of nitrogens with two attached hydrogens (primary N) is 1. The molecule has 14 heavy (non-hydrogen) atoms. The van der Waals surface area contributed by atoms with Crippen LogP contribution in [0.5, 0.6) is 0 Å². The molecule has 0 rings (SSSR count). The van der Waals surface area contributed by atoms with Crippen molar-refractivity contribution in [3.8, 4) is 0 Å². The molecule has 1 unspecified atom stereocenters. The van der Waals surface area contributed by atoms with E-state index < -0.39 is 0 Å². The molecule has 1 heteroatoms. The van der Waals surface area contributed by atoms with Gasteiger partial charge in [0.25, 0.3) is 0 Å². The van der Waals surface area contributed by atoms with E-state index in [1.165, 1.54) is 19.3 Å². The van der Waals surface area contributed by atoms with Gasteiger partial charge in [-0.25, -0.2) is 0 Å². The van der Waals surface area contributed by atoms with Gasteiger partial charge in [-0.05, 0) is 31.1 Å². The maximum atomic E-state index is 5.65. The average molecular weight is 197 g/mol. The molecule has 0 aliphatic heterocycles. The molecule has 0 heterocycles. The predicted molar refractivity (Wildman–Crippen MR) is 65.0 cm³/mol. The number of rotatable bonds is 6. The zero-order valence-electron chi connectivity index (χ0n) is 10.6. The summed E-state index contributed by atoms with van der Waals surface area (Å²) < 4.78 is 0. The molecule has 0 radical (unpaired) electrons. The summed E-state index contributed by atoms with van der Waals surface area (Å²) in [5, 5.41) is 0. The minimum absolute atomic E-state index is 0.446. The largest absolute Gasteiger partial charge is 0.403 e. The van der Waals surface area contributed by atoms with Crippen molar-refractivity contribution in [1.29, 1.82) is 0 Å². The summed E-state index contributed by atoms with van der Waals surface area (Å²) in [6.45, 7) is 11.3. The average Bonchev–Trinajstić information content (AvgIpc) is 2.10. The lowest BCUT2D eigenvalue weighted by Crippen LogP contribution is -2.21. The van der Waals surface area contributed by atoms with Crippen LogP contribution in [0.4, 0.5) is 0 Å². The Balaban J connectivity index is 4.06. The Morgan fingerprint density at radius 3 is 2.43 bits per heavy atom. The Bertz CT molecular complexity index is 176. The second-order valence-electron chi connectivity index (χ2n) is 5.18. The smallest absolute Gasteiger partial charge is 0.000843 e. The molecule has 0 aliphatic rings. The lowest BCUT2D eigenvalue weighted by molar-refractivity contribution is 0.207. The molecule has 1 nitrogen and oxygen atoms in total. The molecule has 84 valence electrons. The minimum Gasteiger partial charge on any atom is -0.403 e. The summed E-state index contributed by atoms with van der Waals surface area (Å²) in [7, 11) is 0. The summed E-state index contributed by atoms with van der Waals surface area (Å²) in [5.41, 5.74) is 7.04. The Morgan fingerprint density at radius 1 is 1.43 bits per heavy atom. The molecule has 2 N–H and O–H groups in total. The van der Waals surface area contributed by atoms with Crippen LogP contribution in [0.2, 0.25) is 0 Å². The van der Waals surface area contributed by atoms with Crippen molar-refractivity contribution in [2.75, 3.05) is 0 Å². The monoisotopic (exact) mass is 197 g/mol. The number of hydrogen-bond donors (Lipinski definition) is 1. The second-order valence-corrected chi connectivity index (χ2v) is 5.18. The van der Waals surface area contributed by atoms with Gasteiger partial charge in [0.15, 0.2) is 0 Å². The van der Waals surface area contributed by atoms with Crippen LogP contribution in [0.3, 0.4) is 0 Å². The highest BCUT2D eigenvalue weighted by atomic mass is 14.5.